The molecule has 0 radical (unpaired) electrons. The number of rotatable bonds is 5. The molecule has 9 heteroatoms. The molecule has 0 aliphatic carbocycles. The smallest absolute Gasteiger partial charge is 0.319 e. The van der Waals surface area contributed by atoms with Crippen LogP contribution in [0.1, 0.15) is 43.5 Å². The Kier molecular flexibility index (Phi) is 5.72. The highest BCUT2D eigenvalue weighted by Gasteiger charge is 2.44. The fourth-order valence-corrected chi connectivity index (χ4v) is 4.11. The minimum Gasteiger partial charge on any atom is -0.425 e. The summed E-state index contributed by atoms with van der Waals surface area (Å²) in [5, 5.41) is 17.1. The van der Waals surface area contributed by atoms with Crippen LogP contribution in [0, 0.1) is 6.92 Å². The quantitative estimate of drug-likeness (QED) is 0.690. The van der Waals surface area contributed by atoms with E-state index < -0.39 is 0 Å². The first-order chi connectivity index (χ1) is 14.4. The fourth-order valence-electron chi connectivity index (χ4n) is 4.11. The number of carbonyl (C=O) groups excluding carboxylic acids is 2. The molecule has 2 aromatic rings. The van der Waals surface area contributed by atoms with Gasteiger partial charge in [-0.05, 0) is 25.0 Å². The highest BCUT2D eigenvalue weighted by molar-refractivity contribution is 5.90. The summed E-state index contributed by atoms with van der Waals surface area (Å²) in [5.74, 6) is 1.38. The van der Waals surface area contributed by atoms with Gasteiger partial charge in [0.05, 0.1) is 6.04 Å². The van der Waals surface area contributed by atoms with E-state index in [-0.39, 0.29) is 36.0 Å². The number of hydrogen-bond acceptors (Lipinski definition) is 6. The maximum atomic E-state index is 12.5. The number of aryl methyl sites for hydroxylation is 1. The highest BCUT2D eigenvalue weighted by Crippen LogP contribution is 2.26. The van der Waals surface area contributed by atoms with Gasteiger partial charge in [-0.25, -0.2) is 4.79 Å². The van der Waals surface area contributed by atoms with Crippen molar-refractivity contribution >= 4 is 17.6 Å². The molecule has 2 saturated heterocycles. The van der Waals surface area contributed by atoms with E-state index in [4.69, 9.17) is 4.42 Å². The summed E-state index contributed by atoms with van der Waals surface area (Å²) >= 11 is 0. The van der Waals surface area contributed by atoms with Crippen molar-refractivity contribution in [2.24, 2.45) is 0 Å². The number of urea groups is 1. The molecule has 2 fully saturated rings. The minimum atomic E-state index is -0.264. The SMILES string of the molecule is Cc1ccccc1NC(=O)N[C@H]1C[C@H]2C(=O)NC[C@@H](Cc3nnc(C(C)C)o3)N2C1. The fraction of sp³-hybridized carbons (Fsp3) is 0.524. The third-order valence-electron chi connectivity index (χ3n) is 5.74. The van der Waals surface area contributed by atoms with E-state index in [0.717, 1.165) is 11.3 Å². The Balaban J connectivity index is 1.38. The summed E-state index contributed by atoms with van der Waals surface area (Å²) in [6, 6.07) is 7.05. The van der Waals surface area contributed by atoms with Gasteiger partial charge in [-0.15, -0.1) is 10.2 Å². The number of amides is 3. The van der Waals surface area contributed by atoms with Gasteiger partial charge in [-0.3, -0.25) is 9.69 Å². The average molecular weight is 412 g/mol. The van der Waals surface area contributed by atoms with Crippen LogP contribution in [-0.4, -0.2) is 58.3 Å². The lowest BCUT2D eigenvalue weighted by atomic mass is 10.1. The van der Waals surface area contributed by atoms with E-state index in [2.05, 4.69) is 31.0 Å². The number of benzene rings is 1. The average Bonchev–Trinajstić information content (AvgIpc) is 3.34. The molecule has 1 aromatic carbocycles. The molecule has 4 rings (SSSR count). The largest absolute Gasteiger partial charge is 0.425 e. The van der Waals surface area contributed by atoms with Crippen LogP contribution in [0.5, 0.6) is 0 Å². The summed E-state index contributed by atoms with van der Waals surface area (Å²) in [6.45, 7) is 7.09. The minimum absolute atomic E-state index is 0.00302. The summed E-state index contributed by atoms with van der Waals surface area (Å²) in [4.78, 5) is 27.0. The van der Waals surface area contributed by atoms with Crippen molar-refractivity contribution in [3.63, 3.8) is 0 Å². The summed E-state index contributed by atoms with van der Waals surface area (Å²) in [5.41, 5.74) is 1.77. The first-order valence-electron chi connectivity index (χ1n) is 10.4. The second kappa shape index (κ2) is 8.43. The number of anilines is 1. The lowest BCUT2D eigenvalue weighted by Gasteiger charge is -2.36. The zero-order valence-corrected chi connectivity index (χ0v) is 17.5. The van der Waals surface area contributed by atoms with Crippen molar-refractivity contribution in [2.45, 2.75) is 57.7 Å². The molecule has 30 heavy (non-hydrogen) atoms. The molecule has 0 unspecified atom stereocenters. The van der Waals surface area contributed by atoms with Crippen LogP contribution in [0.4, 0.5) is 10.5 Å². The van der Waals surface area contributed by atoms with E-state index in [1.165, 1.54) is 0 Å². The van der Waals surface area contributed by atoms with E-state index in [9.17, 15) is 9.59 Å². The zero-order chi connectivity index (χ0) is 21.3. The van der Waals surface area contributed by atoms with Crippen molar-refractivity contribution in [1.29, 1.82) is 0 Å². The van der Waals surface area contributed by atoms with Crippen LogP contribution in [0.25, 0.3) is 0 Å². The summed E-state index contributed by atoms with van der Waals surface area (Å²) in [7, 11) is 0. The Labute approximate surface area is 175 Å². The second-order valence-corrected chi connectivity index (χ2v) is 8.35. The standard InChI is InChI=1S/C21H28N6O3/c1-12(2)20-26-25-18(30-20)9-15-10-22-19(28)17-8-14(11-27(15)17)23-21(29)24-16-7-5-4-6-13(16)3/h4-7,12,14-15,17H,8-11H2,1-3H3,(H,22,28)(H2,23,24,29)/t14-,15+,17-/m0/s1. The number of aromatic nitrogens is 2. The molecule has 2 aliphatic rings. The maximum absolute atomic E-state index is 12.5. The van der Waals surface area contributed by atoms with Gasteiger partial charge in [-0.2, -0.15) is 0 Å². The van der Waals surface area contributed by atoms with Crippen molar-refractivity contribution in [3.05, 3.63) is 41.6 Å². The van der Waals surface area contributed by atoms with Gasteiger partial charge in [0.1, 0.15) is 0 Å². The molecule has 0 saturated carbocycles. The topological polar surface area (TPSA) is 112 Å². The van der Waals surface area contributed by atoms with E-state index in [1.807, 2.05) is 45.0 Å². The number of piperazine rings is 1. The zero-order valence-electron chi connectivity index (χ0n) is 17.5. The Morgan fingerprint density at radius 1 is 1.33 bits per heavy atom. The molecule has 3 atom stereocenters. The number of carbonyl (C=O) groups is 2. The van der Waals surface area contributed by atoms with Crippen LogP contribution in [0.15, 0.2) is 28.7 Å². The first kappa shape index (κ1) is 20.3. The Bertz CT molecular complexity index is 927. The van der Waals surface area contributed by atoms with Gasteiger partial charge in [-0.1, -0.05) is 32.0 Å². The van der Waals surface area contributed by atoms with Crippen LogP contribution in [0.2, 0.25) is 0 Å². The van der Waals surface area contributed by atoms with E-state index in [1.54, 1.807) is 0 Å². The van der Waals surface area contributed by atoms with Crippen LogP contribution < -0.4 is 16.0 Å². The predicted octanol–water partition coefficient (Wildman–Crippen LogP) is 1.81. The van der Waals surface area contributed by atoms with Crippen LogP contribution in [0.3, 0.4) is 0 Å². The molecule has 3 amide bonds. The van der Waals surface area contributed by atoms with Crippen LogP contribution in [-0.2, 0) is 11.2 Å². The van der Waals surface area contributed by atoms with Gasteiger partial charge in [0.15, 0.2) is 0 Å². The van der Waals surface area contributed by atoms with Gasteiger partial charge < -0.3 is 20.4 Å². The maximum Gasteiger partial charge on any atom is 0.319 e. The van der Waals surface area contributed by atoms with Crippen molar-refractivity contribution in [2.75, 3.05) is 18.4 Å². The second-order valence-electron chi connectivity index (χ2n) is 8.35. The Hall–Kier alpha value is -2.94. The third-order valence-corrected chi connectivity index (χ3v) is 5.74. The first-order valence-corrected chi connectivity index (χ1v) is 10.4. The Morgan fingerprint density at radius 3 is 2.87 bits per heavy atom. The van der Waals surface area contributed by atoms with Crippen molar-refractivity contribution < 1.29 is 14.0 Å². The number of hydrogen-bond donors (Lipinski definition) is 3. The molecule has 3 heterocycles. The Morgan fingerprint density at radius 2 is 2.13 bits per heavy atom. The number of nitrogens with one attached hydrogen (secondary N) is 3. The molecule has 3 N–H and O–H groups in total. The van der Waals surface area contributed by atoms with E-state index >= 15 is 0 Å². The molecular formula is C21H28N6O3. The molecule has 160 valence electrons. The monoisotopic (exact) mass is 412 g/mol. The van der Waals surface area contributed by atoms with Gasteiger partial charge in [0.2, 0.25) is 17.7 Å². The normalized spacial score (nSPS) is 23.9. The van der Waals surface area contributed by atoms with Crippen molar-refractivity contribution in [1.82, 2.24) is 25.7 Å². The van der Waals surface area contributed by atoms with Gasteiger partial charge in [0.25, 0.3) is 0 Å². The lowest BCUT2D eigenvalue weighted by Crippen LogP contribution is -2.58. The molecule has 9 nitrogen and oxygen atoms in total. The lowest BCUT2D eigenvalue weighted by molar-refractivity contribution is -0.129. The van der Waals surface area contributed by atoms with E-state index in [0.29, 0.717) is 37.7 Å². The highest BCUT2D eigenvalue weighted by atomic mass is 16.4. The molecule has 2 aliphatic heterocycles. The summed E-state index contributed by atoms with van der Waals surface area (Å²) < 4.78 is 5.75. The molecule has 0 spiro atoms. The predicted molar refractivity (Wildman–Crippen MR) is 111 cm³/mol. The van der Waals surface area contributed by atoms with Crippen LogP contribution >= 0.6 is 0 Å². The van der Waals surface area contributed by atoms with Crippen molar-refractivity contribution in [3.8, 4) is 0 Å². The van der Waals surface area contributed by atoms with Gasteiger partial charge in [0, 0.05) is 43.2 Å². The molecule has 0 bridgehead atoms. The number of para-hydroxylation sites is 1. The number of nitrogens with zero attached hydrogens (tertiary/aromatic N) is 3. The molecule has 1 aromatic heterocycles. The number of fused-ring (bicyclic) bond motifs is 1. The molecular weight excluding hydrogens is 384 g/mol. The third kappa shape index (κ3) is 4.30. The van der Waals surface area contributed by atoms with Gasteiger partial charge >= 0.3 is 6.03 Å². The summed E-state index contributed by atoms with van der Waals surface area (Å²) in [6.07, 6.45) is 1.14.